The highest BCUT2D eigenvalue weighted by Gasteiger charge is 2.09. The van der Waals surface area contributed by atoms with E-state index >= 15 is 0 Å². The Bertz CT molecular complexity index is 379. The molecule has 1 unspecified atom stereocenters. The predicted molar refractivity (Wildman–Crippen MR) is 63.1 cm³/mol. The molecule has 0 aromatic heterocycles. The van der Waals surface area contributed by atoms with Crippen molar-refractivity contribution < 1.29 is 23.0 Å². The summed E-state index contributed by atoms with van der Waals surface area (Å²) >= 11 is 5.39. The van der Waals surface area contributed by atoms with Gasteiger partial charge in [0.2, 0.25) is 0 Å². The Morgan fingerprint density at radius 2 is 2.11 bits per heavy atom. The second kappa shape index (κ2) is 7.33. The molecule has 0 aliphatic heterocycles. The van der Waals surface area contributed by atoms with Crippen molar-refractivity contribution in [1.29, 1.82) is 0 Å². The number of anilines is 1. The smallest absolute Gasteiger partial charge is 0.272 e. The van der Waals surface area contributed by atoms with E-state index in [-0.39, 0.29) is 18.2 Å². The van der Waals surface area contributed by atoms with Crippen LogP contribution < -0.4 is 10.1 Å². The van der Waals surface area contributed by atoms with Gasteiger partial charge in [-0.05, 0) is 12.1 Å². The second-order valence-electron chi connectivity index (χ2n) is 3.54. The number of rotatable bonds is 7. The van der Waals surface area contributed by atoms with Crippen LogP contribution in [0.25, 0.3) is 0 Å². The largest absolute Gasteiger partial charge is 0.485 e. The minimum atomic E-state index is -2.65. The lowest BCUT2D eigenvalue weighted by Gasteiger charge is -2.11. The Balaban J connectivity index is 2.56. The molecule has 0 fully saturated rings. The molecule has 0 saturated carbocycles. The summed E-state index contributed by atoms with van der Waals surface area (Å²) in [6, 6.07) is 3.81. The maximum absolute atomic E-state index is 13.4. The fraction of sp³-hybridized carbons (Fsp3) is 0.455. The number of hydrogen-bond acceptors (Lipinski definition) is 3. The van der Waals surface area contributed by atoms with Gasteiger partial charge in [-0.25, -0.2) is 13.2 Å². The van der Waals surface area contributed by atoms with E-state index in [1.165, 1.54) is 12.1 Å². The van der Waals surface area contributed by atoms with E-state index in [1.54, 1.807) is 0 Å². The van der Waals surface area contributed by atoms with E-state index in [4.69, 9.17) is 11.6 Å². The summed E-state index contributed by atoms with van der Waals surface area (Å²) in [6.07, 6.45) is -3.40. The van der Waals surface area contributed by atoms with Crippen LogP contribution in [0.2, 0.25) is 0 Å². The van der Waals surface area contributed by atoms with Crippen molar-refractivity contribution in [3.05, 3.63) is 24.0 Å². The molecule has 0 aliphatic carbocycles. The van der Waals surface area contributed by atoms with E-state index in [9.17, 15) is 18.3 Å². The standard InChI is InChI=1S/C11H13ClF3NO2/c12-4-8(17)5-16-7-1-2-10(9(13)3-7)18-6-11(14)15/h1-3,8,11,16-17H,4-6H2. The average Bonchev–Trinajstić information content (AvgIpc) is 2.34. The lowest BCUT2D eigenvalue weighted by atomic mass is 10.2. The van der Waals surface area contributed by atoms with Gasteiger partial charge in [-0.3, -0.25) is 0 Å². The Morgan fingerprint density at radius 1 is 1.39 bits per heavy atom. The highest BCUT2D eigenvalue weighted by molar-refractivity contribution is 6.18. The quantitative estimate of drug-likeness (QED) is 0.756. The molecule has 7 heteroatoms. The van der Waals surface area contributed by atoms with Crippen molar-refractivity contribution in [2.45, 2.75) is 12.5 Å². The lowest BCUT2D eigenvalue weighted by Crippen LogP contribution is -2.20. The third-order valence-corrected chi connectivity index (χ3v) is 2.37. The minimum Gasteiger partial charge on any atom is -0.485 e. The molecule has 2 N–H and O–H groups in total. The first-order valence-electron chi connectivity index (χ1n) is 5.21. The summed E-state index contributed by atoms with van der Waals surface area (Å²) in [6.45, 7) is -0.686. The highest BCUT2D eigenvalue weighted by Crippen LogP contribution is 2.21. The zero-order valence-electron chi connectivity index (χ0n) is 9.38. The van der Waals surface area contributed by atoms with E-state index in [2.05, 4.69) is 10.1 Å². The van der Waals surface area contributed by atoms with Gasteiger partial charge in [-0.15, -0.1) is 11.6 Å². The molecule has 0 saturated heterocycles. The Morgan fingerprint density at radius 3 is 2.67 bits per heavy atom. The van der Waals surface area contributed by atoms with Gasteiger partial charge in [0.05, 0.1) is 12.0 Å². The number of hydrogen-bond donors (Lipinski definition) is 2. The molecule has 1 atom stereocenters. The van der Waals surface area contributed by atoms with Crippen molar-refractivity contribution in [2.75, 3.05) is 24.3 Å². The van der Waals surface area contributed by atoms with E-state index in [0.29, 0.717) is 5.69 Å². The summed E-state index contributed by atoms with van der Waals surface area (Å²) in [4.78, 5) is 0. The molecule has 1 aromatic carbocycles. The van der Waals surface area contributed by atoms with Gasteiger partial charge in [0, 0.05) is 18.3 Å². The topological polar surface area (TPSA) is 41.5 Å². The van der Waals surface area contributed by atoms with Gasteiger partial charge < -0.3 is 15.2 Å². The van der Waals surface area contributed by atoms with Crippen molar-refractivity contribution in [1.82, 2.24) is 0 Å². The number of alkyl halides is 3. The molecular weight excluding hydrogens is 271 g/mol. The molecule has 0 bridgehead atoms. The Labute approximate surface area is 108 Å². The van der Waals surface area contributed by atoms with E-state index in [0.717, 1.165) is 6.07 Å². The second-order valence-corrected chi connectivity index (χ2v) is 3.84. The van der Waals surface area contributed by atoms with Crippen LogP contribution in [-0.2, 0) is 0 Å². The van der Waals surface area contributed by atoms with Gasteiger partial charge in [-0.1, -0.05) is 0 Å². The lowest BCUT2D eigenvalue weighted by molar-refractivity contribution is 0.0799. The first-order chi connectivity index (χ1) is 8.52. The zero-order chi connectivity index (χ0) is 13.5. The average molecular weight is 284 g/mol. The molecule has 0 aliphatic rings. The van der Waals surface area contributed by atoms with Crippen molar-refractivity contribution in [3.63, 3.8) is 0 Å². The zero-order valence-corrected chi connectivity index (χ0v) is 10.1. The molecule has 0 amide bonds. The molecule has 18 heavy (non-hydrogen) atoms. The molecule has 3 nitrogen and oxygen atoms in total. The van der Waals surface area contributed by atoms with Crippen LogP contribution >= 0.6 is 11.6 Å². The van der Waals surface area contributed by atoms with Crippen LogP contribution in [0.1, 0.15) is 0 Å². The van der Waals surface area contributed by atoms with Crippen LogP contribution in [0.4, 0.5) is 18.9 Å². The molecule has 1 rings (SSSR count). The number of nitrogens with one attached hydrogen (secondary N) is 1. The third-order valence-electron chi connectivity index (χ3n) is 2.02. The van der Waals surface area contributed by atoms with Gasteiger partial charge >= 0.3 is 0 Å². The van der Waals surface area contributed by atoms with Gasteiger partial charge in [-0.2, -0.15) is 0 Å². The number of ether oxygens (including phenoxy) is 1. The van der Waals surface area contributed by atoms with Crippen LogP contribution in [-0.4, -0.2) is 36.7 Å². The molecule has 1 aromatic rings. The highest BCUT2D eigenvalue weighted by atomic mass is 35.5. The first-order valence-corrected chi connectivity index (χ1v) is 5.74. The summed E-state index contributed by atoms with van der Waals surface area (Å²) in [7, 11) is 0. The number of aliphatic hydroxyl groups is 1. The SMILES string of the molecule is OC(CCl)CNc1ccc(OCC(F)F)c(F)c1. The maximum atomic E-state index is 13.4. The third kappa shape index (κ3) is 5.01. The Hall–Kier alpha value is -1.14. The van der Waals surface area contributed by atoms with Gasteiger partial charge in [0.25, 0.3) is 6.43 Å². The fourth-order valence-electron chi connectivity index (χ4n) is 1.17. The number of benzene rings is 1. The molecule has 0 spiro atoms. The summed E-state index contributed by atoms with van der Waals surface area (Å²) < 4.78 is 41.7. The molecular formula is C11H13ClF3NO2. The molecule has 102 valence electrons. The summed E-state index contributed by atoms with van der Waals surface area (Å²) in [5.74, 6) is -0.926. The van der Waals surface area contributed by atoms with Crippen molar-refractivity contribution in [2.24, 2.45) is 0 Å². The predicted octanol–water partition coefficient (Wildman–Crippen LogP) is 2.48. The van der Waals surface area contributed by atoms with Crippen LogP contribution in [0.3, 0.4) is 0 Å². The molecule has 0 radical (unpaired) electrons. The number of aliphatic hydroxyl groups excluding tert-OH is 1. The van der Waals surface area contributed by atoms with Crippen molar-refractivity contribution >= 4 is 17.3 Å². The first kappa shape index (κ1) is 14.9. The fourth-order valence-corrected chi connectivity index (χ4v) is 1.28. The van der Waals surface area contributed by atoms with Gasteiger partial charge in [0.1, 0.15) is 6.61 Å². The van der Waals surface area contributed by atoms with E-state index in [1.807, 2.05) is 0 Å². The maximum Gasteiger partial charge on any atom is 0.272 e. The Kier molecular flexibility index (Phi) is 6.07. The minimum absolute atomic E-state index is 0.0606. The monoisotopic (exact) mass is 283 g/mol. The van der Waals surface area contributed by atoms with E-state index < -0.39 is 25.0 Å². The molecule has 0 heterocycles. The van der Waals surface area contributed by atoms with Crippen LogP contribution in [0.5, 0.6) is 5.75 Å². The number of halogens is 4. The normalized spacial score (nSPS) is 12.6. The van der Waals surface area contributed by atoms with Crippen molar-refractivity contribution in [3.8, 4) is 5.75 Å². The van der Waals surface area contributed by atoms with Crippen LogP contribution in [0, 0.1) is 5.82 Å². The summed E-state index contributed by atoms with van der Waals surface area (Å²) in [5, 5.41) is 11.9. The summed E-state index contributed by atoms with van der Waals surface area (Å²) in [5.41, 5.74) is 0.404. The van der Waals surface area contributed by atoms with Gasteiger partial charge in [0.15, 0.2) is 11.6 Å². The van der Waals surface area contributed by atoms with Crippen LogP contribution in [0.15, 0.2) is 18.2 Å².